The molecular weight excluding hydrogens is 262 g/mol. The third-order valence-electron chi connectivity index (χ3n) is 3.93. The highest BCUT2D eigenvalue weighted by atomic mass is 16.5. The fourth-order valence-electron chi connectivity index (χ4n) is 2.30. The van der Waals surface area contributed by atoms with Crippen molar-refractivity contribution in [2.75, 3.05) is 7.11 Å². The van der Waals surface area contributed by atoms with Crippen LogP contribution in [0.5, 0.6) is 0 Å². The Bertz CT molecular complexity index is 772. The fraction of sp³-hybridized carbons (Fsp3) is 0.294. The summed E-state index contributed by atoms with van der Waals surface area (Å²) in [6.45, 7) is 6.13. The summed E-state index contributed by atoms with van der Waals surface area (Å²) in [5.74, 6) is 0. The predicted molar refractivity (Wildman–Crippen MR) is 83.2 cm³/mol. The van der Waals surface area contributed by atoms with Crippen LogP contribution in [0.1, 0.15) is 25.0 Å². The van der Waals surface area contributed by atoms with E-state index in [-0.39, 0.29) is 5.60 Å². The Kier molecular flexibility index (Phi) is 3.26. The maximum absolute atomic E-state index is 5.51. The predicted octanol–water partition coefficient (Wildman–Crippen LogP) is 3.59. The molecule has 0 fully saturated rings. The highest BCUT2D eigenvalue weighted by molar-refractivity contribution is 5.63. The molecule has 108 valence electrons. The number of benzene rings is 1. The van der Waals surface area contributed by atoms with Crippen LogP contribution in [0.15, 0.2) is 42.7 Å². The van der Waals surface area contributed by atoms with E-state index in [1.165, 1.54) is 0 Å². The molecule has 0 aliphatic heterocycles. The van der Waals surface area contributed by atoms with Gasteiger partial charge in [0.25, 0.3) is 0 Å². The van der Waals surface area contributed by atoms with E-state index >= 15 is 0 Å². The maximum Gasteiger partial charge on any atom is 0.158 e. The van der Waals surface area contributed by atoms with E-state index in [0.29, 0.717) is 0 Å². The van der Waals surface area contributed by atoms with Gasteiger partial charge in [-0.05, 0) is 32.4 Å². The van der Waals surface area contributed by atoms with E-state index in [0.717, 1.165) is 28.0 Å². The molecule has 2 heterocycles. The van der Waals surface area contributed by atoms with Crippen LogP contribution < -0.4 is 0 Å². The molecular formula is C17H19N3O. The number of hydrogen-bond acceptors (Lipinski definition) is 3. The van der Waals surface area contributed by atoms with E-state index in [4.69, 9.17) is 4.74 Å². The van der Waals surface area contributed by atoms with Crippen LogP contribution >= 0.6 is 0 Å². The maximum atomic E-state index is 5.51. The van der Waals surface area contributed by atoms with Gasteiger partial charge in [-0.2, -0.15) is 5.10 Å². The van der Waals surface area contributed by atoms with Crippen LogP contribution in [0.3, 0.4) is 0 Å². The van der Waals surface area contributed by atoms with Gasteiger partial charge >= 0.3 is 0 Å². The Morgan fingerprint density at radius 3 is 2.48 bits per heavy atom. The summed E-state index contributed by atoms with van der Waals surface area (Å²) in [5.41, 5.74) is 4.89. The normalized spacial score (nSPS) is 12.0. The summed E-state index contributed by atoms with van der Waals surface area (Å²) < 4.78 is 7.30. The second-order valence-corrected chi connectivity index (χ2v) is 5.70. The Morgan fingerprint density at radius 2 is 1.81 bits per heavy atom. The lowest BCUT2D eigenvalue weighted by Crippen LogP contribution is -2.19. The molecule has 0 saturated heterocycles. The van der Waals surface area contributed by atoms with Gasteiger partial charge in [0.1, 0.15) is 0 Å². The molecule has 0 spiro atoms. The number of rotatable bonds is 3. The molecule has 4 nitrogen and oxygen atoms in total. The summed E-state index contributed by atoms with van der Waals surface area (Å²) >= 11 is 0. The number of aryl methyl sites for hydroxylation is 1. The van der Waals surface area contributed by atoms with Crippen LogP contribution in [0.25, 0.3) is 16.9 Å². The molecule has 0 aliphatic carbocycles. The van der Waals surface area contributed by atoms with Gasteiger partial charge in [-0.1, -0.05) is 24.3 Å². The highest BCUT2D eigenvalue weighted by Gasteiger charge is 2.19. The highest BCUT2D eigenvalue weighted by Crippen LogP contribution is 2.26. The summed E-state index contributed by atoms with van der Waals surface area (Å²) in [5, 5.41) is 4.25. The van der Waals surface area contributed by atoms with Gasteiger partial charge in [0.05, 0.1) is 17.5 Å². The van der Waals surface area contributed by atoms with Crippen LogP contribution in [0.4, 0.5) is 0 Å². The molecule has 3 rings (SSSR count). The van der Waals surface area contributed by atoms with Crippen molar-refractivity contribution in [2.24, 2.45) is 0 Å². The minimum Gasteiger partial charge on any atom is -0.374 e. The van der Waals surface area contributed by atoms with Crippen molar-refractivity contribution in [3.8, 4) is 11.3 Å². The smallest absolute Gasteiger partial charge is 0.158 e. The molecule has 1 aromatic carbocycles. The number of methoxy groups -OCH3 is 1. The Hall–Kier alpha value is -2.20. The number of aromatic nitrogens is 3. The zero-order chi connectivity index (χ0) is 15.0. The number of hydrogen-bond donors (Lipinski definition) is 0. The first kappa shape index (κ1) is 13.8. The van der Waals surface area contributed by atoms with Gasteiger partial charge in [-0.15, -0.1) is 0 Å². The SMILES string of the molecule is COC(C)(C)c1ccc(-c2ccn3ncc(C)c3n2)cc1. The molecule has 0 N–H and O–H groups in total. The van der Waals surface area contributed by atoms with Crippen LogP contribution in [0.2, 0.25) is 0 Å². The van der Waals surface area contributed by atoms with E-state index < -0.39 is 0 Å². The van der Waals surface area contributed by atoms with Crippen molar-refractivity contribution in [3.05, 3.63) is 53.9 Å². The van der Waals surface area contributed by atoms with E-state index in [9.17, 15) is 0 Å². The molecule has 3 aromatic rings. The van der Waals surface area contributed by atoms with Crippen molar-refractivity contribution in [3.63, 3.8) is 0 Å². The molecule has 0 unspecified atom stereocenters. The van der Waals surface area contributed by atoms with Crippen LogP contribution in [0, 0.1) is 6.92 Å². The molecule has 0 amide bonds. The summed E-state index contributed by atoms with van der Waals surface area (Å²) in [6, 6.07) is 10.3. The zero-order valence-corrected chi connectivity index (χ0v) is 12.8. The largest absolute Gasteiger partial charge is 0.374 e. The van der Waals surface area contributed by atoms with Gasteiger partial charge in [-0.3, -0.25) is 0 Å². The third kappa shape index (κ3) is 2.43. The summed E-state index contributed by atoms with van der Waals surface area (Å²) in [7, 11) is 1.73. The first-order chi connectivity index (χ1) is 10.0. The standard InChI is InChI=1S/C17H19N3O/c1-12-11-18-20-10-9-15(19-16(12)20)13-5-7-14(8-6-13)17(2,3)21-4/h5-11H,1-4H3. The van der Waals surface area contributed by atoms with Crippen molar-refractivity contribution >= 4 is 5.65 Å². The lowest BCUT2D eigenvalue weighted by molar-refractivity contribution is 0.0192. The molecule has 0 aliphatic rings. The molecule has 0 saturated carbocycles. The first-order valence-electron chi connectivity index (χ1n) is 6.98. The molecule has 0 radical (unpaired) electrons. The van der Waals surface area contributed by atoms with Crippen LogP contribution in [-0.2, 0) is 10.3 Å². The quantitative estimate of drug-likeness (QED) is 0.736. The minimum atomic E-state index is -0.280. The van der Waals surface area contributed by atoms with E-state index in [2.05, 4.69) is 48.2 Å². The van der Waals surface area contributed by atoms with Gasteiger partial charge < -0.3 is 4.74 Å². The molecule has 2 aromatic heterocycles. The minimum absolute atomic E-state index is 0.280. The van der Waals surface area contributed by atoms with E-state index in [1.54, 1.807) is 11.6 Å². The number of nitrogens with zero attached hydrogens (tertiary/aromatic N) is 3. The van der Waals surface area contributed by atoms with E-state index in [1.807, 2.05) is 25.4 Å². The fourth-order valence-corrected chi connectivity index (χ4v) is 2.30. The van der Waals surface area contributed by atoms with Crippen molar-refractivity contribution in [2.45, 2.75) is 26.4 Å². The van der Waals surface area contributed by atoms with Crippen LogP contribution in [-0.4, -0.2) is 21.7 Å². The Balaban J connectivity index is 2.00. The topological polar surface area (TPSA) is 39.4 Å². The monoisotopic (exact) mass is 281 g/mol. The van der Waals surface area contributed by atoms with Crippen molar-refractivity contribution < 1.29 is 4.74 Å². The second kappa shape index (κ2) is 4.97. The third-order valence-corrected chi connectivity index (χ3v) is 3.93. The molecule has 4 heteroatoms. The first-order valence-corrected chi connectivity index (χ1v) is 6.98. The average Bonchev–Trinajstić information content (AvgIpc) is 2.88. The van der Waals surface area contributed by atoms with Gasteiger partial charge in [0.15, 0.2) is 5.65 Å². The van der Waals surface area contributed by atoms with Crippen molar-refractivity contribution in [1.29, 1.82) is 0 Å². The summed E-state index contributed by atoms with van der Waals surface area (Å²) in [4.78, 5) is 4.69. The van der Waals surface area contributed by atoms with Gasteiger partial charge in [0, 0.05) is 24.4 Å². The molecule has 0 atom stereocenters. The lowest BCUT2D eigenvalue weighted by atomic mass is 9.96. The zero-order valence-electron chi connectivity index (χ0n) is 12.8. The number of fused-ring (bicyclic) bond motifs is 1. The van der Waals surface area contributed by atoms with Gasteiger partial charge in [0.2, 0.25) is 0 Å². The molecule has 21 heavy (non-hydrogen) atoms. The van der Waals surface area contributed by atoms with Crippen molar-refractivity contribution in [1.82, 2.24) is 14.6 Å². The lowest BCUT2D eigenvalue weighted by Gasteiger charge is -2.23. The second-order valence-electron chi connectivity index (χ2n) is 5.70. The number of ether oxygens (including phenoxy) is 1. The summed E-state index contributed by atoms with van der Waals surface area (Å²) in [6.07, 6.45) is 3.77. The average molecular weight is 281 g/mol. The Morgan fingerprint density at radius 1 is 1.10 bits per heavy atom. The van der Waals surface area contributed by atoms with Gasteiger partial charge in [-0.25, -0.2) is 9.50 Å². The molecule has 0 bridgehead atoms. The Labute approximate surface area is 124 Å².